The first-order valence-corrected chi connectivity index (χ1v) is 7.50. The molecule has 0 N–H and O–H groups in total. The summed E-state index contributed by atoms with van der Waals surface area (Å²) in [4.78, 5) is 9.34. The summed E-state index contributed by atoms with van der Waals surface area (Å²) in [6.45, 7) is 7.87. The Bertz CT molecular complexity index is 567. The lowest BCUT2D eigenvalue weighted by atomic mass is 10.2. The number of aliphatic imine (C=N–C) groups is 1. The van der Waals surface area contributed by atoms with E-state index in [1.165, 1.54) is 5.69 Å². The number of furan rings is 1. The molecule has 3 rings (SSSR count). The summed E-state index contributed by atoms with van der Waals surface area (Å²) in [7, 11) is 0. The second-order valence-electron chi connectivity index (χ2n) is 5.21. The van der Waals surface area contributed by atoms with E-state index in [1.807, 2.05) is 12.1 Å². The minimum atomic E-state index is 0.773. The fourth-order valence-corrected chi connectivity index (χ4v) is 2.57. The zero-order valence-corrected chi connectivity index (χ0v) is 12.4. The van der Waals surface area contributed by atoms with Crippen LogP contribution in [-0.4, -0.2) is 43.8 Å². The van der Waals surface area contributed by atoms with Gasteiger partial charge < -0.3 is 14.2 Å². The van der Waals surface area contributed by atoms with E-state index in [9.17, 15) is 0 Å². The molecule has 0 aliphatic carbocycles. The Labute approximate surface area is 125 Å². The first kappa shape index (κ1) is 13.9. The largest absolute Gasteiger partial charge is 0.463 e. The van der Waals surface area contributed by atoms with Crippen LogP contribution in [-0.2, 0) is 0 Å². The molecule has 0 bridgehead atoms. The van der Waals surface area contributed by atoms with Gasteiger partial charge in [0.1, 0.15) is 5.76 Å². The fraction of sp³-hybridized carbons (Fsp3) is 0.353. The lowest BCUT2D eigenvalue weighted by molar-refractivity contribution is 0.271. The molecule has 1 aliphatic heterocycles. The van der Waals surface area contributed by atoms with E-state index in [0.717, 1.165) is 44.2 Å². The molecule has 0 atom stereocenters. The molecule has 0 unspecified atom stereocenters. The van der Waals surface area contributed by atoms with Crippen LogP contribution < -0.4 is 4.90 Å². The fourth-order valence-electron chi connectivity index (χ4n) is 2.57. The van der Waals surface area contributed by atoms with Crippen LogP contribution in [0.4, 0.5) is 11.4 Å². The van der Waals surface area contributed by atoms with E-state index in [-0.39, 0.29) is 0 Å². The summed E-state index contributed by atoms with van der Waals surface area (Å²) < 4.78 is 5.23. The van der Waals surface area contributed by atoms with Gasteiger partial charge in [-0.05, 0) is 42.9 Å². The molecule has 1 fully saturated rings. The van der Waals surface area contributed by atoms with Gasteiger partial charge in [0.25, 0.3) is 0 Å². The number of rotatable bonds is 4. The number of likely N-dealkylation sites (N-methyl/N-ethyl adjacent to an activating group) is 1. The van der Waals surface area contributed by atoms with Gasteiger partial charge in [-0.15, -0.1) is 0 Å². The predicted octanol–water partition coefficient (Wildman–Crippen LogP) is 3.17. The second-order valence-corrected chi connectivity index (χ2v) is 5.21. The SMILES string of the molecule is CCN1CCN(c2ccc(N=Cc3ccco3)cc2)CC1. The van der Waals surface area contributed by atoms with Crippen LogP contribution in [0.25, 0.3) is 0 Å². The van der Waals surface area contributed by atoms with Crippen LogP contribution in [0.5, 0.6) is 0 Å². The topological polar surface area (TPSA) is 32.0 Å². The van der Waals surface area contributed by atoms with Crippen LogP contribution in [0, 0.1) is 0 Å². The minimum absolute atomic E-state index is 0.773. The second kappa shape index (κ2) is 6.59. The lowest BCUT2D eigenvalue weighted by Gasteiger charge is -2.35. The molecule has 0 saturated carbocycles. The molecule has 0 radical (unpaired) electrons. The quantitative estimate of drug-likeness (QED) is 0.808. The van der Waals surface area contributed by atoms with E-state index >= 15 is 0 Å². The van der Waals surface area contributed by atoms with E-state index in [1.54, 1.807) is 12.5 Å². The summed E-state index contributed by atoms with van der Waals surface area (Å²) in [6, 6.07) is 12.2. The van der Waals surface area contributed by atoms with Gasteiger partial charge >= 0.3 is 0 Å². The molecule has 4 heteroatoms. The smallest absolute Gasteiger partial charge is 0.144 e. The Morgan fingerprint density at radius 1 is 1.10 bits per heavy atom. The highest BCUT2D eigenvalue weighted by atomic mass is 16.3. The lowest BCUT2D eigenvalue weighted by Crippen LogP contribution is -2.46. The van der Waals surface area contributed by atoms with E-state index in [4.69, 9.17) is 4.42 Å². The van der Waals surface area contributed by atoms with Crippen LogP contribution in [0.1, 0.15) is 12.7 Å². The standard InChI is InChI=1S/C17H21N3O/c1-2-19-9-11-20(12-10-19)16-7-5-15(6-8-16)18-14-17-4-3-13-21-17/h3-8,13-14H,2,9-12H2,1H3. The average Bonchev–Trinajstić information content (AvgIpc) is 3.07. The molecule has 1 aromatic carbocycles. The van der Waals surface area contributed by atoms with Crippen molar-refractivity contribution in [2.75, 3.05) is 37.6 Å². The Kier molecular flexibility index (Phi) is 4.36. The van der Waals surface area contributed by atoms with Crippen LogP contribution in [0.2, 0.25) is 0 Å². The third kappa shape index (κ3) is 3.52. The Balaban J connectivity index is 1.62. The van der Waals surface area contributed by atoms with Crippen molar-refractivity contribution < 1.29 is 4.42 Å². The highest BCUT2D eigenvalue weighted by Gasteiger charge is 2.15. The maximum absolute atomic E-state index is 5.23. The van der Waals surface area contributed by atoms with Gasteiger partial charge in [0.15, 0.2) is 0 Å². The van der Waals surface area contributed by atoms with Gasteiger partial charge in [-0.2, -0.15) is 0 Å². The van der Waals surface area contributed by atoms with Crippen molar-refractivity contribution in [3.8, 4) is 0 Å². The summed E-state index contributed by atoms with van der Waals surface area (Å²) in [5.41, 5.74) is 2.23. The molecule has 1 aromatic heterocycles. The number of hydrogen-bond donors (Lipinski definition) is 0. The molecule has 2 aromatic rings. The summed E-state index contributed by atoms with van der Waals surface area (Å²) >= 11 is 0. The number of piperazine rings is 1. The van der Waals surface area contributed by atoms with Crippen molar-refractivity contribution in [2.24, 2.45) is 4.99 Å². The maximum atomic E-state index is 5.23. The molecule has 1 saturated heterocycles. The van der Waals surface area contributed by atoms with Gasteiger partial charge in [0, 0.05) is 31.9 Å². The first-order chi connectivity index (χ1) is 10.3. The van der Waals surface area contributed by atoms with Crippen molar-refractivity contribution >= 4 is 17.6 Å². The number of hydrogen-bond acceptors (Lipinski definition) is 4. The Hall–Kier alpha value is -2.07. The first-order valence-electron chi connectivity index (χ1n) is 7.50. The molecule has 1 aliphatic rings. The molecule has 110 valence electrons. The monoisotopic (exact) mass is 283 g/mol. The molecule has 4 nitrogen and oxygen atoms in total. The summed E-state index contributed by atoms with van der Waals surface area (Å²) in [5, 5.41) is 0. The Morgan fingerprint density at radius 3 is 2.48 bits per heavy atom. The molecule has 21 heavy (non-hydrogen) atoms. The minimum Gasteiger partial charge on any atom is -0.463 e. The third-order valence-corrected chi connectivity index (χ3v) is 3.92. The van der Waals surface area contributed by atoms with Gasteiger partial charge in [-0.25, -0.2) is 0 Å². The Morgan fingerprint density at radius 2 is 1.86 bits per heavy atom. The van der Waals surface area contributed by atoms with Crippen LogP contribution in [0.3, 0.4) is 0 Å². The average molecular weight is 283 g/mol. The number of anilines is 1. The van der Waals surface area contributed by atoms with Gasteiger partial charge in [-0.3, -0.25) is 4.99 Å². The zero-order chi connectivity index (χ0) is 14.5. The van der Waals surface area contributed by atoms with E-state index in [0.29, 0.717) is 0 Å². The van der Waals surface area contributed by atoms with Gasteiger partial charge in [-0.1, -0.05) is 6.92 Å². The van der Waals surface area contributed by atoms with Gasteiger partial charge in [0.2, 0.25) is 0 Å². The van der Waals surface area contributed by atoms with Crippen molar-refractivity contribution in [1.29, 1.82) is 0 Å². The van der Waals surface area contributed by atoms with Crippen molar-refractivity contribution in [3.05, 3.63) is 48.4 Å². The van der Waals surface area contributed by atoms with Crippen molar-refractivity contribution in [1.82, 2.24) is 4.90 Å². The van der Waals surface area contributed by atoms with E-state index < -0.39 is 0 Å². The normalized spacial score (nSPS) is 16.7. The van der Waals surface area contributed by atoms with Crippen LogP contribution >= 0.6 is 0 Å². The highest BCUT2D eigenvalue weighted by molar-refractivity contribution is 5.78. The highest BCUT2D eigenvalue weighted by Crippen LogP contribution is 2.21. The summed E-state index contributed by atoms with van der Waals surface area (Å²) in [6.07, 6.45) is 3.40. The van der Waals surface area contributed by atoms with Crippen molar-refractivity contribution in [2.45, 2.75) is 6.92 Å². The number of nitrogens with zero attached hydrogens (tertiary/aromatic N) is 3. The number of benzene rings is 1. The predicted molar refractivity (Wildman–Crippen MR) is 86.7 cm³/mol. The zero-order valence-electron chi connectivity index (χ0n) is 12.4. The molecule has 0 amide bonds. The molecular weight excluding hydrogens is 262 g/mol. The van der Waals surface area contributed by atoms with Crippen molar-refractivity contribution in [3.63, 3.8) is 0 Å². The molecule has 0 spiro atoms. The maximum Gasteiger partial charge on any atom is 0.144 e. The third-order valence-electron chi connectivity index (χ3n) is 3.92. The van der Waals surface area contributed by atoms with E-state index in [2.05, 4.69) is 46.0 Å². The molecule has 2 heterocycles. The molecular formula is C17H21N3O. The van der Waals surface area contributed by atoms with Crippen LogP contribution in [0.15, 0.2) is 52.1 Å². The summed E-state index contributed by atoms with van der Waals surface area (Å²) in [5.74, 6) is 0.773. The van der Waals surface area contributed by atoms with Gasteiger partial charge in [0.05, 0.1) is 18.2 Å².